The van der Waals surface area contributed by atoms with Gasteiger partial charge in [0.25, 0.3) is 15.9 Å². The van der Waals surface area contributed by atoms with Crippen LogP contribution in [0.25, 0.3) is 0 Å². The number of hydrogen-bond donors (Lipinski definition) is 3. The molecule has 4 rings (SSSR count). The maximum absolute atomic E-state index is 13.6. The fourth-order valence-corrected chi connectivity index (χ4v) is 6.38. The van der Waals surface area contributed by atoms with Gasteiger partial charge in [0.15, 0.2) is 5.76 Å². The molecule has 1 aromatic carbocycles. The first-order valence-corrected chi connectivity index (χ1v) is 15.0. The Hall–Kier alpha value is -3.62. The number of aryl methyl sites for hydroxylation is 2. The van der Waals surface area contributed by atoms with Crippen molar-refractivity contribution in [1.82, 2.24) is 15.0 Å². The first kappa shape index (κ1) is 29.4. The van der Waals surface area contributed by atoms with Gasteiger partial charge in [-0.05, 0) is 50.4 Å². The van der Waals surface area contributed by atoms with Gasteiger partial charge in [-0.1, -0.05) is 18.1 Å². The Bertz CT molecular complexity index is 1450. The second-order valence-corrected chi connectivity index (χ2v) is 12.7. The quantitative estimate of drug-likeness (QED) is 0.359. The number of aliphatic hydroxyl groups excluding tert-OH is 1. The normalized spacial score (nSPS) is 18.2. The summed E-state index contributed by atoms with van der Waals surface area (Å²) in [5.41, 5.74) is 1.40. The smallest absolute Gasteiger partial charge is 0.321 e. The van der Waals surface area contributed by atoms with Crippen molar-refractivity contribution in [2.45, 2.75) is 44.0 Å². The SMILES string of the molecule is Cc1noc(C)c1NC(=O)N(C)C[C@@H]1Oc2ccc(NS(=O)(=O)c3cccs3)cc2C(=O)N([C@@H](C)CO)C[C@@H]1C. The van der Waals surface area contributed by atoms with Crippen LogP contribution in [0.3, 0.4) is 0 Å². The van der Waals surface area contributed by atoms with E-state index >= 15 is 0 Å². The number of amides is 3. The summed E-state index contributed by atoms with van der Waals surface area (Å²) in [6.07, 6.45) is -0.533. The summed E-state index contributed by atoms with van der Waals surface area (Å²) in [6.45, 7) is 7.23. The number of nitrogens with zero attached hydrogens (tertiary/aromatic N) is 3. The van der Waals surface area contributed by atoms with Gasteiger partial charge in [0.1, 0.15) is 27.4 Å². The van der Waals surface area contributed by atoms with Crippen LogP contribution in [-0.4, -0.2) is 79.3 Å². The summed E-state index contributed by atoms with van der Waals surface area (Å²) >= 11 is 1.08. The molecule has 12 nitrogen and oxygen atoms in total. The molecule has 3 heterocycles. The highest BCUT2D eigenvalue weighted by Gasteiger charge is 2.34. The van der Waals surface area contributed by atoms with Crippen molar-refractivity contribution in [3.05, 3.63) is 52.7 Å². The number of carbonyl (C=O) groups is 2. The number of likely N-dealkylation sites (N-methyl/N-ethyl adjacent to an activating group) is 1. The van der Waals surface area contributed by atoms with Gasteiger partial charge in [0, 0.05) is 25.2 Å². The summed E-state index contributed by atoms with van der Waals surface area (Å²) in [4.78, 5) is 29.6. The van der Waals surface area contributed by atoms with Crippen LogP contribution in [0.1, 0.15) is 35.7 Å². The number of hydrogen-bond acceptors (Lipinski definition) is 9. The van der Waals surface area contributed by atoms with Crippen LogP contribution in [0.15, 0.2) is 44.4 Å². The molecule has 1 aliphatic rings. The van der Waals surface area contributed by atoms with Gasteiger partial charge in [0.05, 0.1) is 24.8 Å². The molecular formula is C26H33N5O7S2. The fourth-order valence-electron chi connectivity index (χ4n) is 4.34. The third-order valence-electron chi connectivity index (χ3n) is 6.74. The fraction of sp³-hybridized carbons (Fsp3) is 0.423. The monoisotopic (exact) mass is 591 g/mol. The van der Waals surface area contributed by atoms with E-state index in [2.05, 4.69) is 15.2 Å². The summed E-state index contributed by atoms with van der Waals surface area (Å²) in [5.74, 6) is 0.109. The van der Waals surface area contributed by atoms with E-state index in [0.717, 1.165) is 11.3 Å². The predicted octanol–water partition coefficient (Wildman–Crippen LogP) is 3.54. The zero-order valence-electron chi connectivity index (χ0n) is 22.9. The molecule has 1 aliphatic heterocycles. The van der Waals surface area contributed by atoms with Gasteiger partial charge < -0.3 is 29.5 Å². The number of anilines is 2. The standard InChI is InChI=1S/C26H33N5O7S2/c1-15-12-31(16(2)14-32)25(33)20-11-19(29-40(35,36)23-7-6-10-39-23)8-9-21(20)37-22(15)13-30(5)26(34)27-24-17(3)28-38-18(24)4/h6-11,15-16,22,29,32H,12-14H2,1-5H3,(H,27,34)/t15-,16-,22-/m0/s1. The number of nitrogens with one attached hydrogen (secondary N) is 2. The second kappa shape index (κ2) is 11.9. The van der Waals surface area contributed by atoms with Gasteiger partial charge in [-0.3, -0.25) is 9.52 Å². The molecule has 0 aliphatic carbocycles. The minimum absolute atomic E-state index is 0.143. The number of sulfonamides is 1. The number of ether oxygens (including phenoxy) is 1. The molecule has 3 amide bonds. The number of aliphatic hydroxyl groups is 1. The van der Waals surface area contributed by atoms with Gasteiger partial charge in [0.2, 0.25) is 0 Å². The van der Waals surface area contributed by atoms with Crippen LogP contribution in [0.4, 0.5) is 16.2 Å². The molecule has 3 atom stereocenters. The lowest BCUT2D eigenvalue weighted by atomic mass is 9.99. The van der Waals surface area contributed by atoms with Crippen LogP contribution in [0.5, 0.6) is 5.75 Å². The lowest BCUT2D eigenvalue weighted by molar-refractivity contribution is 0.0371. The molecule has 3 N–H and O–H groups in total. The predicted molar refractivity (Wildman–Crippen MR) is 150 cm³/mol. The van der Waals surface area contributed by atoms with Crippen LogP contribution in [-0.2, 0) is 10.0 Å². The zero-order valence-corrected chi connectivity index (χ0v) is 24.5. The number of fused-ring (bicyclic) bond motifs is 1. The first-order valence-electron chi connectivity index (χ1n) is 12.6. The zero-order chi connectivity index (χ0) is 29.2. The molecule has 0 radical (unpaired) electrons. The number of urea groups is 1. The molecule has 0 fully saturated rings. The first-order chi connectivity index (χ1) is 18.9. The molecule has 0 bridgehead atoms. The van der Waals surface area contributed by atoms with Crippen molar-refractivity contribution in [2.75, 3.05) is 36.8 Å². The Morgan fingerprint density at radius 2 is 2.08 bits per heavy atom. The van der Waals surface area contributed by atoms with Crippen molar-refractivity contribution in [2.24, 2.45) is 5.92 Å². The highest BCUT2D eigenvalue weighted by atomic mass is 32.2. The maximum atomic E-state index is 13.6. The van der Waals surface area contributed by atoms with Crippen LogP contribution >= 0.6 is 11.3 Å². The molecule has 0 saturated carbocycles. The summed E-state index contributed by atoms with van der Waals surface area (Å²) in [5, 5.41) is 18.2. The lowest BCUT2D eigenvalue weighted by Crippen LogP contribution is -2.50. The summed E-state index contributed by atoms with van der Waals surface area (Å²) in [7, 11) is -2.21. The molecule has 0 unspecified atom stereocenters. The van der Waals surface area contributed by atoms with Crippen molar-refractivity contribution >= 4 is 44.7 Å². The average Bonchev–Trinajstić information content (AvgIpc) is 3.57. The van der Waals surface area contributed by atoms with Crippen molar-refractivity contribution < 1.29 is 32.4 Å². The Balaban J connectivity index is 1.62. The van der Waals surface area contributed by atoms with Gasteiger partial charge in [-0.15, -0.1) is 11.3 Å². The topological polar surface area (TPSA) is 154 Å². The van der Waals surface area contributed by atoms with Crippen molar-refractivity contribution in [1.29, 1.82) is 0 Å². The molecule has 40 heavy (non-hydrogen) atoms. The molecule has 3 aromatic rings. The minimum atomic E-state index is -3.84. The van der Waals surface area contributed by atoms with E-state index in [0.29, 0.717) is 17.1 Å². The highest BCUT2D eigenvalue weighted by Crippen LogP contribution is 2.32. The Labute approximate surface area is 237 Å². The molecule has 0 saturated heterocycles. The van der Waals surface area contributed by atoms with Crippen molar-refractivity contribution in [3.8, 4) is 5.75 Å². The number of benzene rings is 1. The highest BCUT2D eigenvalue weighted by molar-refractivity contribution is 7.94. The maximum Gasteiger partial charge on any atom is 0.321 e. The van der Waals surface area contributed by atoms with Gasteiger partial charge >= 0.3 is 6.03 Å². The Kier molecular flexibility index (Phi) is 8.71. The van der Waals surface area contributed by atoms with E-state index < -0.39 is 28.1 Å². The van der Waals surface area contributed by atoms with E-state index in [1.165, 1.54) is 29.2 Å². The Morgan fingerprint density at radius 3 is 2.70 bits per heavy atom. The molecule has 216 valence electrons. The van der Waals surface area contributed by atoms with Gasteiger partial charge in [-0.25, -0.2) is 13.2 Å². The van der Waals surface area contributed by atoms with E-state index in [-0.39, 0.29) is 52.9 Å². The van der Waals surface area contributed by atoms with E-state index in [1.54, 1.807) is 44.2 Å². The largest absolute Gasteiger partial charge is 0.487 e. The van der Waals surface area contributed by atoms with E-state index in [4.69, 9.17) is 9.26 Å². The summed E-state index contributed by atoms with van der Waals surface area (Å²) in [6, 6.07) is 6.73. The second-order valence-electron chi connectivity index (χ2n) is 9.88. The summed E-state index contributed by atoms with van der Waals surface area (Å²) < 4.78 is 39.6. The average molecular weight is 592 g/mol. The lowest BCUT2D eigenvalue weighted by Gasteiger charge is -2.38. The van der Waals surface area contributed by atoms with Crippen molar-refractivity contribution in [3.63, 3.8) is 0 Å². The Morgan fingerprint density at radius 1 is 1.32 bits per heavy atom. The number of rotatable bonds is 8. The molecular weight excluding hydrogens is 558 g/mol. The molecule has 2 aromatic heterocycles. The number of aromatic nitrogens is 1. The van der Waals surface area contributed by atoms with Crippen LogP contribution in [0, 0.1) is 19.8 Å². The van der Waals surface area contributed by atoms with E-state index in [9.17, 15) is 23.1 Å². The molecule has 0 spiro atoms. The third kappa shape index (κ3) is 6.24. The van der Waals surface area contributed by atoms with Crippen LogP contribution in [0.2, 0.25) is 0 Å². The number of thiophene rings is 1. The van der Waals surface area contributed by atoms with E-state index in [1.807, 2.05) is 6.92 Å². The minimum Gasteiger partial charge on any atom is -0.487 e. The van der Waals surface area contributed by atoms with Gasteiger partial charge in [-0.2, -0.15) is 0 Å². The molecule has 14 heteroatoms. The van der Waals surface area contributed by atoms with Crippen LogP contribution < -0.4 is 14.8 Å². The number of carbonyl (C=O) groups excluding carboxylic acids is 2. The third-order valence-corrected chi connectivity index (χ3v) is 9.52.